The Morgan fingerprint density at radius 3 is 2.20 bits per heavy atom. The number of amides is 1. The average Bonchev–Trinajstić information content (AvgIpc) is 2.67. The van der Waals surface area contributed by atoms with Crippen molar-refractivity contribution in [1.29, 1.82) is 0 Å². The van der Waals surface area contributed by atoms with Crippen LogP contribution in [-0.4, -0.2) is 43.5 Å². The van der Waals surface area contributed by atoms with Gasteiger partial charge in [0.1, 0.15) is 12.4 Å². The number of halogens is 1. The molecule has 1 heterocycles. The Labute approximate surface area is 154 Å². The predicted molar refractivity (Wildman–Crippen MR) is 93.8 cm³/mol. The molecule has 0 aliphatic carbocycles. The molecule has 0 atom stereocenters. The summed E-state index contributed by atoms with van der Waals surface area (Å²) in [4.78, 5) is 15.9. The molecule has 6 heteroatoms. The molecule has 0 radical (unpaired) electrons. The van der Waals surface area contributed by atoms with Crippen molar-refractivity contribution < 1.29 is 27.7 Å². The molecule has 3 N–H and O–H groups in total. The smallest absolute Gasteiger partial charge is 0.277 e. The van der Waals surface area contributed by atoms with E-state index in [1.165, 1.54) is 5.69 Å². The minimum Gasteiger partial charge on any atom is -1.00 e. The second-order valence-corrected chi connectivity index (χ2v) is 5.89. The second-order valence-electron chi connectivity index (χ2n) is 5.89. The molecule has 3 rings (SSSR count). The molecule has 25 heavy (non-hydrogen) atoms. The fourth-order valence-corrected chi connectivity index (χ4v) is 2.87. The van der Waals surface area contributed by atoms with Crippen molar-refractivity contribution >= 4 is 11.6 Å². The molecule has 1 aliphatic rings. The van der Waals surface area contributed by atoms with Crippen molar-refractivity contribution in [2.45, 2.75) is 6.61 Å². The Hall–Kier alpha value is -2.24. The zero-order chi connectivity index (χ0) is 16.8. The van der Waals surface area contributed by atoms with E-state index in [9.17, 15) is 4.79 Å². The van der Waals surface area contributed by atoms with Crippen LogP contribution in [0.15, 0.2) is 54.6 Å². The van der Waals surface area contributed by atoms with Crippen LogP contribution in [0.4, 0.5) is 5.69 Å². The highest BCUT2D eigenvalue weighted by Gasteiger charge is 2.21. The van der Waals surface area contributed by atoms with Gasteiger partial charge >= 0.3 is 0 Å². The first-order valence-corrected chi connectivity index (χ1v) is 8.35. The maximum Gasteiger partial charge on any atom is 0.277 e. The fourth-order valence-electron chi connectivity index (χ4n) is 2.87. The Bertz CT molecular complexity index is 656. The van der Waals surface area contributed by atoms with Gasteiger partial charge in [0.2, 0.25) is 0 Å². The minimum atomic E-state index is 0. The van der Waals surface area contributed by atoms with Crippen LogP contribution in [0.2, 0.25) is 0 Å². The van der Waals surface area contributed by atoms with Crippen molar-refractivity contribution in [3.8, 4) is 5.75 Å². The number of hydrogen-bond donors (Lipinski definition) is 1. The molecule has 2 aromatic rings. The van der Waals surface area contributed by atoms with E-state index in [1.54, 1.807) is 0 Å². The molecule has 0 unspecified atom stereocenters. The van der Waals surface area contributed by atoms with Gasteiger partial charge < -0.3 is 32.7 Å². The van der Waals surface area contributed by atoms with E-state index in [2.05, 4.69) is 34.9 Å². The van der Waals surface area contributed by atoms with Gasteiger partial charge in [-0.05, 0) is 29.8 Å². The van der Waals surface area contributed by atoms with Gasteiger partial charge in [-0.15, -0.1) is 0 Å². The zero-order valence-corrected chi connectivity index (χ0v) is 15.0. The topological polar surface area (TPSA) is 60.4 Å². The Morgan fingerprint density at radius 2 is 1.60 bits per heavy atom. The van der Waals surface area contributed by atoms with E-state index in [0.29, 0.717) is 13.2 Å². The highest BCUT2D eigenvalue weighted by molar-refractivity contribution is 5.77. The third kappa shape index (κ3) is 5.11. The maximum atomic E-state index is 11.7. The van der Waals surface area contributed by atoms with Gasteiger partial charge in [-0.25, -0.2) is 0 Å². The lowest BCUT2D eigenvalue weighted by atomic mass is 10.2. The molecule has 0 saturated carbocycles. The van der Waals surface area contributed by atoms with Crippen molar-refractivity contribution in [2.24, 2.45) is 0 Å². The first-order chi connectivity index (χ1) is 11.8. The molecule has 1 saturated heterocycles. The third-order valence-electron chi connectivity index (χ3n) is 4.30. The molecule has 2 aromatic carbocycles. The molecule has 0 bridgehead atoms. The Morgan fingerprint density at radius 1 is 0.960 bits per heavy atom. The summed E-state index contributed by atoms with van der Waals surface area (Å²) in [6.07, 6.45) is 0. The molecule has 1 fully saturated rings. The molecule has 0 aromatic heterocycles. The van der Waals surface area contributed by atoms with E-state index < -0.39 is 0 Å². The summed E-state index contributed by atoms with van der Waals surface area (Å²) < 4.78 is 5.82. The molecule has 5 nitrogen and oxygen atoms in total. The zero-order valence-electron chi connectivity index (χ0n) is 14.2. The van der Waals surface area contributed by atoms with Crippen LogP contribution in [0.3, 0.4) is 0 Å². The standard InChI is InChI=1S/C19H23N3O2.ClH/c20-14-19(23)22-12-10-21(11-13-22)17-6-8-18(9-7-17)24-15-16-4-2-1-3-5-16;/h1-9H,10-15,20H2;1H. The lowest BCUT2D eigenvalue weighted by Crippen LogP contribution is -3.00. The highest BCUT2D eigenvalue weighted by Crippen LogP contribution is 2.21. The predicted octanol–water partition coefficient (Wildman–Crippen LogP) is -1.84. The number of anilines is 1. The quantitative estimate of drug-likeness (QED) is 0.681. The molecule has 1 aliphatic heterocycles. The van der Waals surface area contributed by atoms with Crippen LogP contribution < -0.4 is 27.8 Å². The normalized spacial score (nSPS) is 14.0. The highest BCUT2D eigenvalue weighted by atomic mass is 35.5. The molecule has 0 spiro atoms. The van der Waals surface area contributed by atoms with Crippen LogP contribution in [0.5, 0.6) is 5.75 Å². The van der Waals surface area contributed by atoms with Crippen molar-refractivity contribution in [3.05, 3.63) is 60.2 Å². The van der Waals surface area contributed by atoms with Crippen molar-refractivity contribution in [3.63, 3.8) is 0 Å². The first kappa shape index (κ1) is 19.1. The summed E-state index contributed by atoms with van der Waals surface area (Å²) in [6, 6.07) is 18.3. The van der Waals surface area contributed by atoms with Crippen LogP contribution in [0.25, 0.3) is 0 Å². The molecular weight excluding hydrogens is 338 g/mol. The van der Waals surface area contributed by atoms with Crippen LogP contribution >= 0.6 is 0 Å². The van der Waals surface area contributed by atoms with E-state index in [-0.39, 0.29) is 18.3 Å². The molecule has 1 amide bonds. The third-order valence-corrected chi connectivity index (χ3v) is 4.30. The molecule has 134 valence electrons. The van der Waals surface area contributed by atoms with Crippen LogP contribution in [0.1, 0.15) is 5.56 Å². The summed E-state index contributed by atoms with van der Waals surface area (Å²) in [5.74, 6) is 1.01. The lowest BCUT2D eigenvalue weighted by molar-refractivity contribution is -0.357. The van der Waals surface area contributed by atoms with Crippen molar-refractivity contribution in [2.75, 3.05) is 37.6 Å². The number of carbonyl (C=O) groups is 1. The number of piperazine rings is 1. The van der Waals surface area contributed by atoms with Crippen molar-refractivity contribution in [1.82, 2.24) is 4.90 Å². The van der Waals surface area contributed by atoms with Crippen LogP contribution in [-0.2, 0) is 11.4 Å². The number of carbonyl (C=O) groups excluding carboxylic acids is 1. The summed E-state index contributed by atoms with van der Waals surface area (Å²) in [7, 11) is 0. The van der Waals surface area contributed by atoms with E-state index in [4.69, 9.17) is 4.74 Å². The fraction of sp³-hybridized carbons (Fsp3) is 0.316. The van der Waals surface area contributed by atoms with E-state index in [1.807, 2.05) is 35.2 Å². The average molecular weight is 362 g/mol. The van der Waals surface area contributed by atoms with Gasteiger partial charge in [0.25, 0.3) is 5.91 Å². The number of ether oxygens (including phenoxy) is 1. The summed E-state index contributed by atoms with van der Waals surface area (Å²) in [5.41, 5.74) is 6.00. The largest absolute Gasteiger partial charge is 1.00 e. The Balaban J connectivity index is 0.00000225. The first-order valence-electron chi connectivity index (χ1n) is 8.35. The number of hydrogen-bond acceptors (Lipinski definition) is 3. The number of rotatable bonds is 5. The lowest BCUT2D eigenvalue weighted by Gasteiger charge is -2.35. The van der Waals surface area contributed by atoms with Gasteiger partial charge in [-0.1, -0.05) is 30.3 Å². The van der Waals surface area contributed by atoms with Gasteiger partial charge in [-0.3, -0.25) is 4.79 Å². The monoisotopic (exact) mass is 361 g/mol. The number of nitrogens with zero attached hydrogens (tertiary/aromatic N) is 2. The summed E-state index contributed by atoms with van der Waals surface area (Å²) in [6.45, 7) is 4.16. The molecular formula is C19H24ClN3O2. The van der Waals surface area contributed by atoms with Gasteiger partial charge in [-0.2, -0.15) is 0 Å². The van der Waals surface area contributed by atoms with Gasteiger partial charge in [0.15, 0.2) is 6.54 Å². The van der Waals surface area contributed by atoms with Crippen LogP contribution in [0, 0.1) is 0 Å². The number of quaternary nitrogens is 1. The van der Waals surface area contributed by atoms with E-state index in [0.717, 1.165) is 37.5 Å². The number of benzene rings is 2. The summed E-state index contributed by atoms with van der Waals surface area (Å²) in [5, 5.41) is 0. The minimum absolute atomic E-state index is 0. The Kier molecular flexibility index (Phi) is 7.10. The van der Waals surface area contributed by atoms with E-state index >= 15 is 0 Å². The van der Waals surface area contributed by atoms with Gasteiger partial charge in [0, 0.05) is 31.9 Å². The van der Waals surface area contributed by atoms with Gasteiger partial charge in [0.05, 0.1) is 0 Å². The summed E-state index contributed by atoms with van der Waals surface area (Å²) >= 11 is 0. The SMILES string of the molecule is [Cl-].[NH3+]CC(=O)N1CCN(c2ccc(OCc3ccccc3)cc2)CC1. The second kappa shape index (κ2) is 9.30. The maximum absolute atomic E-state index is 11.7.